The first-order chi connectivity index (χ1) is 4.27. The Morgan fingerprint density at radius 2 is 2.44 bits per heavy atom. The standard InChI is InChI=1S/C7H10NO/c1-6-7(9)8(6)4-2-3-5-8/h2,4,6H,3,5H2,1H3/q+1. The minimum atomic E-state index is 0.267. The van der Waals surface area contributed by atoms with E-state index >= 15 is 0 Å². The van der Waals surface area contributed by atoms with E-state index in [0.29, 0.717) is 10.4 Å². The van der Waals surface area contributed by atoms with Gasteiger partial charge in [-0.15, -0.1) is 0 Å². The second-order valence-electron chi connectivity index (χ2n) is 2.84. The molecule has 2 aliphatic heterocycles. The van der Waals surface area contributed by atoms with E-state index in [2.05, 4.69) is 6.08 Å². The van der Waals surface area contributed by atoms with E-state index in [1.54, 1.807) is 0 Å². The van der Waals surface area contributed by atoms with Crippen LogP contribution in [-0.2, 0) is 4.79 Å². The molecule has 2 unspecified atom stereocenters. The third-order valence-electron chi connectivity index (χ3n) is 2.43. The van der Waals surface area contributed by atoms with Crippen molar-refractivity contribution in [1.29, 1.82) is 0 Å². The molecule has 0 bridgehead atoms. The van der Waals surface area contributed by atoms with Crippen LogP contribution in [0.3, 0.4) is 0 Å². The molecule has 9 heavy (non-hydrogen) atoms. The third-order valence-corrected chi connectivity index (χ3v) is 2.43. The second-order valence-corrected chi connectivity index (χ2v) is 2.84. The molecular weight excluding hydrogens is 114 g/mol. The smallest absolute Gasteiger partial charge is 0.223 e. The number of carbonyl (C=O) groups is 1. The zero-order valence-electron chi connectivity index (χ0n) is 5.50. The van der Waals surface area contributed by atoms with Gasteiger partial charge in [-0.1, -0.05) is 0 Å². The highest BCUT2D eigenvalue weighted by molar-refractivity contribution is 5.86. The van der Waals surface area contributed by atoms with Crippen LogP contribution in [0.25, 0.3) is 0 Å². The second kappa shape index (κ2) is 1.27. The first-order valence-corrected chi connectivity index (χ1v) is 3.37. The number of quaternary nitrogens is 1. The van der Waals surface area contributed by atoms with Crippen molar-refractivity contribution in [3.8, 4) is 0 Å². The first-order valence-electron chi connectivity index (χ1n) is 3.37. The third kappa shape index (κ3) is 0.425. The van der Waals surface area contributed by atoms with Crippen LogP contribution in [0.4, 0.5) is 0 Å². The van der Waals surface area contributed by atoms with Crippen molar-refractivity contribution in [2.24, 2.45) is 0 Å². The number of hydrogen-bond donors (Lipinski definition) is 0. The average Bonchev–Trinajstić information content (AvgIpc) is 2.44. The molecule has 2 heterocycles. The van der Waals surface area contributed by atoms with Gasteiger partial charge >= 0.3 is 5.91 Å². The monoisotopic (exact) mass is 124 g/mol. The highest BCUT2D eigenvalue weighted by atomic mass is 16.2. The lowest BCUT2D eigenvalue weighted by molar-refractivity contribution is -0.712. The summed E-state index contributed by atoms with van der Waals surface area (Å²) in [5, 5.41) is 0. The first kappa shape index (κ1) is 5.18. The normalized spacial score (nSPS) is 46.8. The number of amides is 1. The van der Waals surface area contributed by atoms with Crippen molar-refractivity contribution in [2.75, 3.05) is 6.54 Å². The summed E-state index contributed by atoms with van der Waals surface area (Å²) in [5.41, 5.74) is 0. The topological polar surface area (TPSA) is 17.1 Å². The number of nitrogens with zero attached hydrogens (tertiary/aromatic N) is 1. The fourth-order valence-electron chi connectivity index (χ4n) is 1.59. The van der Waals surface area contributed by atoms with Crippen LogP contribution in [0.2, 0.25) is 0 Å². The maximum atomic E-state index is 11.0. The maximum Gasteiger partial charge on any atom is 0.377 e. The summed E-state index contributed by atoms with van der Waals surface area (Å²) in [4.78, 5) is 11.0. The van der Waals surface area contributed by atoms with Gasteiger partial charge < -0.3 is 0 Å². The molecule has 0 saturated carbocycles. The Morgan fingerprint density at radius 3 is 2.67 bits per heavy atom. The molecule has 1 saturated heterocycles. The Balaban J connectivity index is 2.30. The van der Waals surface area contributed by atoms with Crippen LogP contribution < -0.4 is 0 Å². The van der Waals surface area contributed by atoms with Crippen LogP contribution in [0.5, 0.6) is 0 Å². The lowest BCUT2D eigenvalue weighted by Crippen LogP contribution is -2.18. The Kier molecular flexibility index (Phi) is 0.728. The van der Waals surface area contributed by atoms with Gasteiger partial charge in [0.2, 0.25) is 6.04 Å². The average molecular weight is 124 g/mol. The Bertz CT molecular complexity index is 197. The van der Waals surface area contributed by atoms with Crippen molar-refractivity contribution >= 4 is 5.91 Å². The molecule has 0 radical (unpaired) electrons. The van der Waals surface area contributed by atoms with E-state index in [1.165, 1.54) is 0 Å². The molecule has 1 fully saturated rings. The maximum absolute atomic E-state index is 11.0. The van der Waals surface area contributed by atoms with Gasteiger partial charge in [-0.3, -0.25) is 0 Å². The number of carbonyl (C=O) groups excluding carboxylic acids is 1. The molecule has 0 aromatic heterocycles. The van der Waals surface area contributed by atoms with Crippen molar-refractivity contribution in [3.63, 3.8) is 0 Å². The molecule has 2 rings (SSSR count). The summed E-state index contributed by atoms with van der Waals surface area (Å²) in [6.07, 6.45) is 5.21. The van der Waals surface area contributed by atoms with Gasteiger partial charge in [0.25, 0.3) is 0 Å². The van der Waals surface area contributed by atoms with Gasteiger partial charge in [-0.2, -0.15) is 0 Å². The number of hydrogen-bond acceptors (Lipinski definition) is 1. The summed E-state index contributed by atoms with van der Waals surface area (Å²) in [6, 6.07) is 0.267. The van der Waals surface area contributed by atoms with Crippen LogP contribution in [-0.4, -0.2) is 23.0 Å². The molecule has 1 amide bonds. The Labute approximate surface area is 54.4 Å². The Hall–Kier alpha value is -0.630. The summed E-state index contributed by atoms with van der Waals surface area (Å²) < 4.78 is 0.653. The van der Waals surface area contributed by atoms with Crippen LogP contribution in [0.1, 0.15) is 13.3 Å². The predicted octanol–water partition coefficient (Wildman–Crippen LogP) is 0.649. The highest BCUT2D eigenvalue weighted by Gasteiger charge is 2.64. The molecule has 48 valence electrons. The van der Waals surface area contributed by atoms with E-state index in [4.69, 9.17) is 0 Å². The molecule has 0 N–H and O–H groups in total. The number of rotatable bonds is 0. The van der Waals surface area contributed by atoms with Gasteiger partial charge in [0.15, 0.2) is 0 Å². The summed E-state index contributed by atoms with van der Waals surface area (Å²) >= 11 is 0. The van der Waals surface area contributed by atoms with Crippen molar-refractivity contribution in [2.45, 2.75) is 19.4 Å². The highest BCUT2D eigenvalue weighted by Crippen LogP contribution is 2.37. The van der Waals surface area contributed by atoms with Gasteiger partial charge in [-0.05, 0) is 6.08 Å². The lowest BCUT2D eigenvalue weighted by Gasteiger charge is -2.01. The molecule has 2 atom stereocenters. The molecule has 0 aliphatic carbocycles. The van der Waals surface area contributed by atoms with Crippen LogP contribution in [0, 0.1) is 0 Å². The van der Waals surface area contributed by atoms with E-state index in [1.807, 2.05) is 13.1 Å². The zero-order chi connectivity index (χ0) is 6.48. The molecule has 2 aliphatic rings. The van der Waals surface area contributed by atoms with Gasteiger partial charge in [0.1, 0.15) is 6.20 Å². The molecule has 0 aromatic carbocycles. The molecule has 2 heteroatoms. The zero-order valence-corrected chi connectivity index (χ0v) is 5.50. The minimum absolute atomic E-state index is 0.267. The van der Waals surface area contributed by atoms with Crippen molar-refractivity contribution < 1.29 is 9.28 Å². The van der Waals surface area contributed by atoms with E-state index in [-0.39, 0.29) is 6.04 Å². The molecule has 0 aromatic rings. The van der Waals surface area contributed by atoms with Gasteiger partial charge in [-0.25, -0.2) is 9.28 Å². The van der Waals surface area contributed by atoms with E-state index in [0.717, 1.165) is 13.0 Å². The van der Waals surface area contributed by atoms with Crippen molar-refractivity contribution in [1.82, 2.24) is 0 Å². The summed E-state index contributed by atoms with van der Waals surface area (Å²) in [6.45, 7) is 3.01. The quantitative estimate of drug-likeness (QED) is 0.342. The van der Waals surface area contributed by atoms with E-state index in [9.17, 15) is 4.79 Å². The van der Waals surface area contributed by atoms with Crippen LogP contribution >= 0.6 is 0 Å². The Morgan fingerprint density at radius 1 is 1.78 bits per heavy atom. The van der Waals surface area contributed by atoms with Gasteiger partial charge in [0.05, 0.1) is 6.54 Å². The fraction of sp³-hybridized carbons (Fsp3) is 0.571. The summed E-state index contributed by atoms with van der Waals surface area (Å²) in [5.74, 6) is 0.392. The minimum Gasteiger partial charge on any atom is -0.223 e. The molecular formula is C7H10NO+. The SMILES string of the molecule is CC1C(=O)[N+]12C=CCC2. The summed E-state index contributed by atoms with van der Waals surface area (Å²) in [7, 11) is 0. The predicted molar refractivity (Wildman–Crippen MR) is 33.4 cm³/mol. The molecule has 2 nitrogen and oxygen atoms in total. The fourth-order valence-corrected chi connectivity index (χ4v) is 1.59. The largest absolute Gasteiger partial charge is 0.377 e. The lowest BCUT2D eigenvalue weighted by atomic mass is 10.5. The van der Waals surface area contributed by atoms with Crippen molar-refractivity contribution in [3.05, 3.63) is 12.3 Å². The van der Waals surface area contributed by atoms with Gasteiger partial charge in [0, 0.05) is 13.3 Å². The molecule has 1 spiro atoms. The van der Waals surface area contributed by atoms with Crippen LogP contribution in [0.15, 0.2) is 12.3 Å². The van der Waals surface area contributed by atoms with E-state index < -0.39 is 0 Å².